The van der Waals surface area contributed by atoms with E-state index in [4.69, 9.17) is 14.2 Å². The number of methoxy groups -OCH3 is 3. The Morgan fingerprint density at radius 2 is 1.50 bits per heavy atom. The molecule has 0 saturated carbocycles. The van der Waals surface area contributed by atoms with Gasteiger partial charge in [-0.2, -0.15) is 0 Å². The van der Waals surface area contributed by atoms with E-state index in [-0.39, 0.29) is 22.6 Å². The van der Waals surface area contributed by atoms with Crippen LogP contribution < -0.4 is 19.5 Å². The van der Waals surface area contributed by atoms with Crippen LogP contribution in [0.3, 0.4) is 0 Å². The summed E-state index contributed by atoms with van der Waals surface area (Å²) in [6.45, 7) is 1.93. The van der Waals surface area contributed by atoms with Crippen molar-refractivity contribution in [2.24, 2.45) is 0 Å². The van der Waals surface area contributed by atoms with Crippen LogP contribution >= 0.6 is 0 Å². The Labute approximate surface area is 195 Å². The van der Waals surface area contributed by atoms with Crippen LogP contribution in [0.5, 0.6) is 17.2 Å². The minimum atomic E-state index is -0.478. The summed E-state index contributed by atoms with van der Waals surface area (Å²) in [5.41, 5.74) is 2.71. The number of ether oxygens (including phenoxy) is 3. The highest BCUT2D eigenvalue weighted by atomic mass is 19.1. The Kier molecular flexibility index (Phi) is 6.23. The summed E-state index contributed by atoms with van der Waals surface area (Å²) in [5.74, 6) is -0.299. The van der Waals surface area contributed by atoms with Crippen molar-refractivity contribution in [2.45, 2.75) is 6.92 Å². The lowest BCUT2D eigenvalue weighted by Crippen LogP contribution is -2.15. The molecule has 8 heteroatoms. The molecule has 0 radical (unpaired) electrons. The summed E-state index contributed by atoms with van der Waals surface area (Å²) in [6.07, 6.45) is 0. The third kappa shape index (κ3) is 4.17. The Balaban J connectivity index is 1.80. The number of ketones is 1. The molecule has 2 N–H and O–H groups in total. The van der Waals surface area contributed by atoms with Gasteiger partial charge in [0.15, 0.2) is 11.5 Å². The molecule has 0 aliphatic carbocycles. The van der Waals surface area contributed by atoms with Crippen molar-refractivity contribution < 1.29 is 28.2 Å². The van der Waals surface area contributed by atoms with Crippen molar-refractivity contribution >= 4 is 28.3 Å². The largest absolute Gasteiger partial charge is 0.493 e. The molecule has 0 unspecified atom stereocenters. The minimum Gasteiger partial charge on any atom is -0.493 e. The molecule has 0 atom stereocenters. The maximum atomic E-state index is 13.4. The van der Waals surface area contributed by atoms with E-state index in [1.54, 1.807) is 0 Å². The number of aryl methyl sites for hydroxylation is 1. The molecule has 3 aromatic carbocycles. The first-order chi connectivity index (χ1) is 16.4. The average Bonchev–Trinajstić information content (AvgIpc) is 3.19. The molecular weight excluding hydrogens is 439 g/mol. The van der Waals surface area contributed by atoms with Gasteiger partial charge in [-0.05, 0) is 55.0 Å². The fraction of sp³-hybridized carbons (Fsp3) is 0.154. The second-order valence-corrected chi connectivity index (χ2v) is 7.63. The highest BCUT2D eigenvalue weighted by Gasteiger charge is 2.23. The normalized spacial score (nSPS) is 10.7. The molecule has 0 spiro atoms. The summed E-state index contributed by atoms with van der Waals surface area (Å²) in [6, 6.07) is 13.9. The molecule has 0 aliphatic heterocycles. The number of amides is 1. The lowest BCUT2D eigenvalue weighted by Gasteiger charge is -2.14. The van der Waals surface area contributed by atoms with E-state index in [9.17, 15) is 14.0 Å². The minimum absolute atomic E-state index is 0.188. The predicted molar refractivity (Wildman–Crippen MR) is 127 cm³/mol. The molecule has 4 rings (SSSR count). The number of carbonyl (C=O) groups excluding carboxylic acids is 2. The number of aromatic nitrogens is 1. The highest BCUT2D eigenvalue weighted by molar-refractivity contribution is 6.20. The quantitative estimate of drug-likeness (QED) is 0.372. The number of benzene rings is 3. The Morgan fingerprint density at radius 1 is 0.853 bits per heavy atom. The molecule has 0 aliphatic rings. The van der Waals surface area contributed by atoms with Crippen molar-refractivity contribution in [3.8, 4) is 17.2 Å². The number of hydrogen-bond acceptors (Lipinski definition) is 5. The number of nitrogens with one attached hydrogen (secondary N) is 2. The van der Waals surface area contributed by atoms with E-state index in [0.717, 1.165) is 5.56 Å². The smallest absolute Gasteiger partial charge is 0.256 e. The van der Waals surface area contributed by atoms with Gasteiger partial charge in [-0.3, -0.25) is 9.59 Å². The van der Waals surface area contributed by atoms with Crippen LogP contribution in [0, 0.1) is 12.7 Å². The first kappa shape index (κ1) is 22.8. The van der Waals surface area contributed by atoms with Gasteiger partial charge in [0, 0.05) is 22.0 Å². The molecule has 0 fully saturated rings. The summed E-state index contributed by atoms with van der Waals surface area (Å²) in [4.78, 5) is 29.7. The maximum absolute atomic E-state index is 13.4. The van der Waals surface area contributed by atoms with E-state index in [1.165, 1.54) is 57.7 Å². The van der Waals surface area contributed by atoms with Crippen LogP contribution in [0.25, 0.3) is 10.9 Å². The van der Waals surface area contributed by atoms with E-state index in [2.05, 4.69) is 10.3 Å². The van der Waals surface area contributed by atoms with E-state index in [0.29, 0.717) is 33.8 Å². The zero-order valence-corrected chi connectivity index (χ0v) is 19.1. The number of rotatable bonds is 7. The van der Waals surface area contributed by atoms with Crippen molar-refractivity contribution in [1.29, 1.82) is 0 Å². The number of halogens is 1. The number of hydrogen-bond donors (Lipinski definition) is 2. The van der Waals surface area contributed by atoms with Crippen molar-refractivity contribution in [2.75, 3.05) is 26.6 Å². The van der Waals surface area contributed by atoms with Gasteiger partial charge in [0.25, 0.3) is 5.91 Å². The van der Waals surface area contributed by atoms with Gasteiger partial charge < -0.3 is 24.5 Å². The van der Waals surface area contributed by atoms with Crippen LogP contribution in [0.15, 0.2) is 54.6 Å². The van der Waals surface area contributed by atoms with Crippen LogP contribution in [0.1, 0.15) is 32.0 Å². The second-order valence-electron chi connectivity index (χ2n) is 7.63. The van der Waals surface area contributed by atoms with Gasteiger partial charge in [0.05, 0.1) is 27.0 Å². The molecule has 0 saturated heterocycles. The van der Waals surface area contributed by atoms with Crippen LogP contribution in [0.4, 0.5) is 10.1 Å². The Bertz CT molecular complexity index is 1370. The average molecular weight is 462 g/mol. The molecule has 1 amide bonds. The van der Waals surface area contributed by atoms with E-state index in [1.807, 2.05) is 25.1 Å². The fourth-order valence-corrected chi connectivity index (χ4v) is 3.75. The molecule has 1 aromatic heterocycles. The lowest BCUT2D eigenvalue weighted by molar-refractivity contribution is 0.102. The van der Waals surface area contributed by atoms with Crippen molar-refractivity contribution in [3.63, 3.8) is 0 Å². The predicted octanol–water partition coefficient (Wildman–Crippen LogP) is 5.12. The zero-order chi connectivity index (χ0) is 24.4. The molecule has 7 nitrogen and oxygen atoms in total. The summed E-state index contributed by atoms with van der Waals surface area (Å²) < 4.78 is 29.4. The van der Waals surface area contributed by atoms with Crippen LogP contribution in [0.2, 0.25) is 0 Å². The number of H-pyrrole nitrogens is 1. The Morgan fingerprint density at radius 3 is 2.09 bits per heavy atom. The first-order valence-electron chi connectivity index (χ1n) is 10.4. The number of anilines is 1. The SMILES string of the molecule is COc1cc(C(=O)Nc2c(C(=O)c3ccc(F)cc3)[nH]c3cc(C)ccc23)cc(OC)c1OC. The third-order valence-electron chi connectivity index (χ3n) is 5.45. The molecular formula is C26H23FN2O5. The van der Waals surface area contributed by atoms with Crippen LogP contribution in [-0.2, 0) is 0 Å². The van der Waals surface area contributed by atoms with Crippen molar-refractivity contribution in [1.82, 2.24) is 4.98 Å². The lowest BCUT2D eigenvalue weighted by atomic mass is 10.1. The maximum Gasteiger partial charge on any atom is 0.256 e. The summed E-state index contributed by atoms with van der Waals surface area (Å²) in [5, 5.41) is 3.52. The zero-order valence-electron chi connectivity index (χ0n) is 19.1. The van der Waals surface area contributed by atoms with Gasteiger partial charge in [-0.1, -0.05) is 12.1 Å². The highest BCUT2D eigenvalue weighted by Crippen LogP contribution is 2.39. The van der Waals surface area contributed by atoms with Gasteiger partial charge in [0.2, 0.25) is 11.5 Å². The fourth-order valence-electron chi connectivity index (χ4n) is 3.75. The number of aromatic amines is 1. The molecule has 4 aromatic rings. The van der Waals surface area contributed by atoms with Gasteiger partial charge >= 0.3 is 0 Å². The summed E-state index contributed by atoms with van der Waals surface area (Å²) >= 11 is 0. The topological polar surface area (TPSA) is 89.7 Å². The molecule has 174 valence electrons. The van der Waals surface area contributed by atoms with E-state index >= 15 is 0 Å². The molecule has 34 heavy (non-hydrogen) atoms. The third-order valence-corrected chi connectivity index (χ3v) is 5.45. The molecule has 1 heterocycles. The summed E-state index contributed by atoms with van der Waals surface area (Å²) in [7, 11) is 4.39. The van der Waals surface area contributed by atoms with Crippen molar-refractivity contribution in [3.05, 3.63) is 82.8 Å². The van der Waals surface area contributed by atoms with Gasteiger partial charge in [-0.15, -0.1) is 0 Å². The van der Waals surface area contributed by atoms with Gasteiger partial charge in [0.1, 0.15) is 11.5 Å². The Hall–Kier alpha value is -4.33. The second kappa shape index (κ2) is 9.27. The number of carbonyl (C=O) groups is 2. The molecule has 0 bridgehead atoms. The standard InChI is InChI=1S/C26H23FN2O5/c1-14-5-10-18-19(11-14)28-23(24(30)15-6-8-17(27)9-7-15)22(18)29-26(31)16-12-20(32-2)25(34-4)21(13-16)33-3/h5-13,28H,1-4H3,(H,29,31). The van der Waals surface area contributed by atoms with Crippen LogP contribution in [-0.4, -0.2) is 38.0 Å². The first-order valence-corrected chi connectivity index (χ1v) is 10.4. The van der Waals surface area contributed by atoms with E-state index < -0.39 is 11.7 Å². The monoisotopic (exact) mass is 462 g/mol. The number of fused-ring (bicyclic) bond motifs is 1. The van der Waals surface area contributed by atoms with Gasteiger partial charge in [-0.25, -0.2) is 4.39 Å².